The number of nitrogens with one attached hydrogen (secondary N) is 1. The van der Waals surface area contributed by atoms with E-state index in [0.717, 1.165) is 25.7 Å². The fourth-order valence-electron chi connectivity index (χ4n) is 5.50. The van der Waals surface area contributed by atoms with E-state index in [4.69, 9.17) is 9.47 Å². The average Bonchev–Trinajstić information content (AvgIpc) is 2.82. The molecule has 0 spiro atoms. The van der Waals surface area contributed by atoms with Crippen molar-refractivity contribution in [2.24, 2.45) is 29.1 Å². The van der Waals surface area contributed by atoms with Crippen molar-refractivity contribution in [3.05, 3.63) is 0 Å². The SMILES string of the molecule is COCCC(=O)N[C@H]1CC[C@]2(C)CC[C@@H]3[C@H](OC(=O)[C@H]3C)[C@H]2[C@@H]1C. The zero-order chi connectivity index (χ0) is 17.5. The van der Waals surface area contributed by atoms with Crippen LogP contribution in [0.25, 0.3) is 0 Å². The number of methoxy groups -OCH3 is 1. The van der Waals surface area contributed by atoms with Crippen LogP contribution in [-0.2, 0) is 19.1 Å². The minimum atomic E-state index is -0.0345. The van der Waals surface area contributed by atoms with Crippen LogP contribution < -0.4 is 5.32 Å². The lowest BCUT2D eigenvalue weighted by atomic mass is 9.52. The first kappa shape index (κ1) is 17.7. The molecule has 1 amide bonds. The van der Waals surface area contributed by atoms with Crippen molar-refractivity contribution >= 4 is 11.9 Å². The largest absolute Gasteiger partial charge is 0.462 e. The van der Waals surface area contributed by atoms with E-state index in [1.165, 1.54) is 0 Å². The van der Waals surface area contributed by atoms with Gasteiger partial charge in [-0.15, -0.1) is 0 Å². The van der Waals surface area contributed by atoms with Crippen LogP contribution in [0.1, 0.15) is 52.9 Å². The topological polar surface area (TPSA) is 64.6 Å². The molecule has 0 unspecified atom stereocenters. The standard InChI is InChI=1S/C19H31NO4/c1-11-13-5-8-19(3)9-6-14(20-15(21)7-10-23-4)12(2)16(19)17(13)24-18(11)22/h11-14,16-17H,5-10H2,1-4H3,(H,20,21)/t11-,12+,13-,14-,16+,17-,19-/m0/s1. The van der Waals surface area contributed by atoms with E-state index in [-0.39, 0.29) is 35.4 Å². The van der Waals surface area contributed by atoms with E-state index >= 15 is 0 Å². The minimum Gasteiger partial charge on any atom is -0.462 e. The molecule has 0 aromatic carbocycles. The highest BCUT2D eigenvalue weighted by atomic mass is 16.6. The van der Waals surface area contributed by atoms with Gasteiger partial charge >= 0.3 is 5.97 Å². The van der Waals surface area contributed by atoms with E-state index in [2.05, 4.69) is 19.2 Å². The van der Waals surface area contributed by atoms with Crippen LogP contribution in [0.4, 0.5) is 0 Å². The summed E-state index contributed by atoms with van der Waals surface area (Å²) < 4.78 is 10.8. The van der Waals surface area contributed by atoms with Crippen molar-refractivity contribution in [3.8, 4) is 0 Å². The van der Waals surface area contributed by atoms with Crippen molar-refractivity contribution in [1.29, 1.82) is 0 Å². The zero-order valence-corrected chi connectivity index (χ0v) is 15.3. The summed E-state index contributed by atoms with van der Waals surface area (Å²) in [5, 5.41) is 3.20. The number of carbonyl (C=O) groups excluding carboxylic acids is 2. The number of amides is 1. The van der Waals surface area contributed by atoms with Gasteiger partial charge in [-0.1, -0.05) is 20.8 Å². The zero-order valence-electron chi connectivity index (χ0n) is 15.3. The quantitative estimate of drug-likeness (QED) is 0.801. The molecule has 1 heterocycles. The van der Waals surface area contributed by atoms with Gasteiger partial charge in [-0.05, 0) is 37.0 Å². The summed E-state index contributed by atoms with van der Waals surface area (Å²) in [4.78, 5) is 24.2. The summed E-state index contributed by atoms with van der Waals surface area (Å²) in [6.07, 6.45) is 4.77. The summed E-state index contributed by atoms with van der Waals surface area (Å²) in [5.74, 6) is 1.05. The molecule has 3 aliphatic rings. The maximum absolute atomic E-state index is 12.1. The highest BCUT2D eigenvalue weighted by Gasteiger charge is 2.58. The third kappa shape index (κ3) is 2.96. The van der Waals surface area contributed by atoms with Crippen molar-refractivity contribution in [3.63, 3.8) is 0 Å². The van der Waals surface area contributed by atoms with Gasteiger partial charge in [0.25, 0.3) is 0 Å². The van der Waals surface area contributed by atoms with E-state index in [9.17, 15) is 9.59 Å². The monoisotopic (exact) mass is 337 g/mol. The van der Waals surface area contributed by atoms with E-state index in [1.807, 2.05) is 6.92 Å². The van der Waals surface area contributed by atoms with Gasteiger partial charge in [0, 0.05) is 31.4 Å². The summed E-state index contributed by atoms with van der Waals surface area (Å²) in [6.45, 7) is 7.04. The second-order valence-electron chi connectivity index (χ2n) is 8.39. The van der Waals surface area contributed by atoms with Gasteiger partial charge in [0.15, 0.2) is 0 Å². The molecule has 2 saturated carbocycles. The molecule has 0 bridgehead atoms. The summed E-state index contributed by atoms with van der Waals surface area (Å²) in [7, 11) is 1.61. The molecule has 7 atom stereocenters. The molecule has 1 aliphatic heterocycles. The molecule has 136 valence electrons. The first-order valence-corrected chi connectivity index (χ1v) is 9.36. The molecule has 0 aromatic rings. The Balaban J connectivity index is 1.74. The number of carbonyl (C=O) groups is 2. The third-order valence-corrected chi connectivity index (χ3v) is 7.00. The average molecular weight is 337 g/mol. The fraction of sp³-hybridized carbons (Fsp3) is 0.895. The molecule has 0 radical (unpaired) electrons. The Morgan fingerprint density at radius 2 is 2.04 bits per heavy atom. The van der Waals surface area contributed by atoms with Crippen molar-refractivity contribution < 1.29 is 19.1 Å². The Labute approximate surface area is 144 Å². The molecule has 5 heteroatoms. The molecule has 3 fully saturated rings. The number of esters is 1. The second kappa shape index (κ2) is 6.66. The predicted octanol–water partition coefficient (Wildman–Crippen LogP) is 2.53. The lowest BCUT2D eigenvalue weighted by molar-refractivity contribution is -0.154. The Bertz CT molecular complexity index is 508. The normalized spacial score (nSPS) is 44.4. The molecule has 5 nitrogen and oxygen atoms in total. The van der Waals surface area contributed by atoms with Crippen LogP contribution in [0, 0.1) is 29.1 Å². The Morgan fingerprint density at radius 1 is 1.33 bits per heavy atom. The van der Waals surface area contributed by atoms with Gasteiger partial charge in [-0.25, -0.2) is 0 Å². The Morgan fingerprint density at radius 3 is 2.75 bits per heavy atom. The van der Waals surface area contributed by atoms with Gasteiger partial charge in [0.05, 0.1) is 12.5 Å². The molecular formula is C19H31NO4. The van der Waals surface area contributed by atoms with Crippen LogP contribution in [0.3, 0.4) is 0 Å². The maximum atomic E-state index is 12.1. The first-order chi connectivity index (χ1) is 11.4. The van der Waals surface area contributed by atoms with E-state index in [0.29, 0.717) is 30.8 Å². The summed E-state index contributed by atoms with van der Waals surface area (Å²) in [5.41, 5.74) is 0.221. The van der Waals surface area contributed by atoms with Gasteiger partial charge in [0.1, 0.15) is 6.10 Å². The Kier molecular flexibility index (Phi) is 4.92. The first-order valence-electron chi connectivity index (χ1n) is 9.36. The highest BCUT2D eigenvalue weighted by Crippen LogP contribution is 2.57. The number of ether oxygens (including phenoxy) is 2. The van der Waals surface area contributed by atoms with Crippen molar-refractivity contribution in [1.82, 2.24) is 5.32 Å². The minimum absolute atomic E-state index is 0.0171. The lowest BCUT2D eigenvalue weighted by Gasteiger charge is -2.54. The van der Waals surface area contributed by atoms with Crippen LogP contribution in [-0.4, -0.2) is 37.7 Å². The number of hydrogen-bond donors (Lipinski definition) is 1. The molecule has 1 N–H and O–H groups in total. The predicted molar refractivity (Wildman–Crippen MR) is 90.2 cm³/mol. The van der Waals surface area contributed by atoms with Crippen LogP contribution in [0.5, 0.6) is 0 Å². The number of fused-ring (bicyclic) bond motifs is 3. The molecule has 0 aromatic heterocycles. The summed E-state index contributed by atoms with van der Waals surface area (Å²) in [6, 6.07) is 0.167. The van der Waals surface area contributed by atoms with Gasteiger partial charge in [-0.2, -0.15) is 0 Å². The summed E-state index contributed by atoms with van der Waals surface area (Å²) >= 11 is 0. The molecule has 3 rings (SSSR count). The number of hydrogen-bond acceptors (Lipinski definition) is 4. The van der Waals surface area contributed by atoms with Crippen molar-refractivity contribution in [2.45, 2.75) is 65.0 Å². The van der Waals surface area contributed by atoms with Gasteiger partial charge in [0.2, 0.25) is 5.91 Å². The smallest absolute Gasteiger partial charge is 0.309 e. The van der Waals surface area contributed by atoms with Crippen LogP contribution in [0.15, 0.2) is 0 Å². The molecular weight excluding hydrogens is 306 g/mol. The molecule has 1 saturated heterocycles. The Hall–Kier alpha value is -1.10. The third-order valence-electron chi connectivity index (χ3n) is 7.00. The van der Waals surface area contributed by atoms with Crippen LogP contribution >= 0.6 is 0 Å². The fourth-order valence-corrected chi connectivity index (χ4v) is 5.50. The van der Waals surface area contributed by atoms with E-state index < -0.39 is 0 Å². The van der Waals surface area contributed by atoms with Gasteiger partial charge in [-0.3, -0.25) is 9.59 Å². The van der Waals surface area contributed by atoms with Gasteiger partial charge < -0.3 is 14.8 Å². The molecule has 24 heavy (non-hydrogen) atoms. The maximum Gasteiger partial charge on any atom is 0.309 e. The number of rotatable bonds is 4. The second-order valence-corrected chi connectivity index (χ2v) is 8.39. The highest BCUT2D eigenvalue weighted by molar-refractivity contribution is 5.76. The van der Waals surface area contributed by atoms with Crippen LogP contribution in [0.2, 0.25) is 0 Å². The molecule has 2 aliphatic carbocycles. The lowest BCUT2D eigenvalue weighted by Crippen LogP contribution is -2.57. The van der Waals surface area contributed by atoms with Crippen molar-refractivity contribution in [2.75, 3.05) is 13.7 Å². The van der Waals surface area contributed by atoms with E-state index in [1.54, 1.807) is 7.11 Å².